The summed E-state index contributed by atoms with van der Waals surface area (Å²) in [5.74, 6) is 2.14. The zero-order chi connectivity index (χ0) is 21.1. The average Bonchev–Trinajstić information content (AvgIpc) is 3.08. The zero-order valence-electron chi connectivity index (χ0n) is 18.5. The van der Waals surface area contributed by atoms with Crippen LogP contribution in [-0.4, -0.2) is 11.2 Å². The fraction of sp³-hybridized carbons (Fsp3) is 0.556. The molecule has 0 saturated heterocycles. The van der Waals surface area contributed by atoms with Crippen molar-refractivity contribution in [1.29, 1.82) is 0 Å². The number of benzene rings is 1. The standard InChI is InChI=1S/C27H36N2O/c1-4-29(24-8-6-5-7-23(24)28)25-12-11-21-20-10-9-18-17-19(30)13-15-26(18,2)22(20)14-16-27(21,25)3/h4-9,12,19-22,30H,1,10-11,13-17,28H2,2-3H3/t19-,20?,21?,22?,26-,27-/m0/s1. The molecule has 0 spiro atoms. The summed E-state index contributed by atoms with van der Waals surface area (Å²) in [6.07, 6.45) is 14.6. The maximum atomic E-state index is 10.2. The van der Waals surface area contributed by atoms with Crippen LogP contribution < -0.4 is 10.6 Å². The van der Waals surface area contributed by atoms with Gasteiger partial charge in [0.25, 0.3) is 0 Å². The topological polar surface area (TPSA) is 49.5 Å². The first-order chi connectivity index (χ1) is 14.4. The number of rotatable bonds is 3. The molecule has 0 heterocycles. The van der Waals surface area contributed by atoms with Crippen molar-refractivity contribution in [2.45, 2.75) is 64.9 Å². The molecular weight excluding hydrogens is 368 g/mol. The fourth-order valence-electron chi connectivity index (χ4n) is 7.59. The molecule has 0 amide bonds. The SMILES string of the molecule is C=CN(C1=CCC2C3CC=C4C[C@@H](O)CC[C@]4(C)C3CC[C@]12C)c1ccccc1N. The minimum Gasteiger partial charge on any atom is -0.397 e. The largest absolute Gasteiger partial charge is 0.397 e. The van der Waals surface area contributed by atoms with Gasteiger partial charge in [-0.25, -0.2) is 0 Å². The summed E-state index contributed by atoms with van der Waals surface area (Å²) < 4.78 is 0. The van der Waals surface area contributed by atoms with Crippen LogP contribution in [0.4, 0.5) is 11.4 Å². The third-order valence-corrected chi connectivity index (χ3v) is 9.26. The number of para-hydroxylation sites is 2. The summed E-state index contributed by atoms with van der Waals surface area (Å²) in [5, 5.41) is 10.2. The molecule has 3 unspecified atom stereocenters. The van der Waals surface area contributed by atoms with Gasteiger partial charge in [-0.05, 0) is 80.2 Å². The van der Waals surface area contributed by atoms with Crippen LogP contribution in [0.5, 0.6) is 0 Å². The van der Waals surface area contributed by atoms with Crippen LogP contribution >= 0.6 is 0 Å². The maximum absolute atomic E-state index is 10.2. The number of aliphatic hydroxyl groups is 1. The molecule has 6 atom stereocenters. The van der Waals surface area contributed by atoms with Crippen molar-refractivity contribution in [3.05, 3.63) is 60.5 Å². The highest BCUT2D eigenvalue weighted by atomic mass is 16.3. The Kier molecular flexibility index (Phi) is 4.66. The summed E-state index contributed by atoms with van der Waals surface area (Å²) in [7, 11) is 0. The number of hydrogen-bond acceptors (Lipinski definition) is 3. The van der Waals surface area contributed by atoms with E-state index in [1.807, 2.05) is 18.3 Å². The van der Waals surface area contributed by atoms with Crippen LogP contribution in [0.15, 0.2) is 60.5 Å². The summed E-state index contributed by atoms with van der Waals surface area (Å²) >= 11 is 0. The van der Waals surface area contributed by atoms with Crippen LogP contribution in [-0.2, 0) is 0 Å². The molecule has 4 aliphatic carbocycles. The smallest absolute Gasteiger partial charge is 0.0682 e. The molecule has 2 fully saturated rings. The number of allylic oxidation sites excluding steroid dienone is 3. The van der Waals surface area contributed by atoms with Gasteiger partial charge in [-0.15, -0.1) is 0 Å². The van der Waals surface area contributed by atoms with E-state index in [4.69, 9.17) is 5.73 Å². The van der Waals surface area contributed by atoms with E-state index in [1.165, 1.54) is 25.0 Å². The Morgan fingerprint density at radius 3 is 2.60 bits per heavy atom. The van der Waals surface area contributed by atoms with E-state index >= 15 is 0 Å². The molecule has 3 N–H and O–H groups in total. The quantitative estimate of drug-likeness (QED) is 0.477. The second-order valence-corrected chi connectivity index (χ2v) is 10.5. The first kappa shape index (κ1) is 19.9. The fourth-order valence-corrected chi connectivity index (χ4v) is 7.59. The van der Waals surface area contributed by atoms with Crippen molar-refractivity contribution >= 4 is 11.4 Å². The second-order valence-electron chi connectivity index (χ2n) is 10.5. The number of nitrogens with zero attached hydrogens (tertiary/aromatic N) is 1. The van der Waals surface area contributed by atoms with Gasteiger partial charge in [0.2, 0.25) is 0 Å². The Labute approximate surface area is 181 Å². The molecule has 0 aromatic heterocycles. The Bertz CT molecular complexity index is 917. The Hall–Kier alpha value is -2.00. The number of nitrogens with two attached hydrogens (primary N) is 1. The summed E-state index contributed by atoms with van der Waals surface area (Å²) in [5.41, 5.74) is 11.6. The van der Waals surface area contributed by atoms with Crippen LogP contribution in [0.1, 0.15) is 58.8 Å². The maximum Gasteiger partial charge on any atom is 0.0682 e. The molecule has 3 nitrogen and oxygen atoms in total. The second kappa shape index (κ2) is 7.02. The lowest BCUT2D eigenvalue weighted by Crippen LogP contribution is -2.50. The Morgan fingerprint density at radius 2 is 1.83 bits per heavy atom. The van der Waals surface area contributed by atoms with Gasteiger partial charge < -0.3 is 15.7 Å². The Balaban J connectivity index is 1.47. The van der Waals surface area contributed by atoms with Crippen molar-refractivity contribution in [3.8, 4) is 0 Å². The summed E-state index contributed by atoms with van der Waals surface area (Å²) in [6, 6.07) is 8.13. The van der Waals surface area contributed by atoms with E-state index in [9.17, 15) is 5.11 Å². The van der Waals surface area contributed by atoms with Crippen LogP contribution in [0, 0.1) is 28.6 Å². The number of anilines is 2. The predicted molar refractivity (Wildman–Crippen MR) is 125 cm³/mol. The summed E-state index contributed by atoms with van der Waals surface area (Å²) in [4.78, 5) is 2.25. The van der Waals surface area contributed by atoms with Gasteiger partial charge in [-0.1, -0.05) is 50.3 Å². The van der Waals surface area contributed by atoms with Crippen LogP contribution in [0.3, 0.4) is 0 Å². The monoisotopic (exact) mass is 404 g/mol. The minimum atomic E-state index is -0.132. The highest BCUT2D eigenvalue weighted by molar-refractivity contribution is 5.72. The molecule has 0 radical (unpaired) electrons. The molecule has 160 valence electrons. The van der Waals surface area contributed by atoms with E-state index in [0.717, 1.165) is 48.9 Å². The molecule has 5 rings (SSSR count). The summed E-state index contributed by atoms with van der Waals surface area (Å²) in [6.45, 7) is 9.12. The van der Waals surface area contributed by atoms with Gasteiger partial charge in [-0.2, -0.15) is 0 Å². The van der Waals surface area contributed by atoms with Gasteiger partial charge in [0, 0.05) is 17.3 Å². The number of aliphatic hydroxyl groups excluding tert-OH is 1. The number of fused-ring (bicyclic) bond motifs is 5. The van der Waals surface area contributed by atoms with Crippen molar-refractivity contribution in [3.63, 3.8) is 0 Å². The molecule has 4 aliphatic rings. The van der Waals surface area contributed by atoms with E-state index in [0.29, 0.717) is 5.92 Å². The van der Waals surface area contributed by atoms with Crippen molar-refractivity contribution in [2.24, 2.45) is 28.6 Å². The molecule has 30 heavy (non-hydrogen) atoms. The van der Waals surface area contributed by atoms with Gasteiger partial charge in [-0.3, -0.25) is 0 Å². The molecule has 1 aromatic carbocycles. The van der Waals surface area contributed by atoms with Crippen LogP contribution in [0.2, 0.25) is 0 Å². The minimum absolute atomic E-state index is 0.132. The third kappa shape index (κ3) is 2.74. The number of nitrogen functional groups attached to an aromatic ring is 1. The van der Waals surface area contributed by atoms with Gasteiger partial charge in [0.1, 0.15) is 0 Å². The van der Waals surface area contributed by atoms with E-state index < -0.39 is 0 Å². The van der Waals surface area contributed by atoms with E-state index in [-0.39, 0.29) is 16.9 Å². The molecular formula is C27H36N2O. The third-order valence-electron chi connectivity index (χ3n) is 9.26. The van der Waals surface area contributed by atoms with Crippen molar-refractivity contribution < 1.29 is 5.11 Å². The number of hydrogen-bond donors (Lipinski definition) is 2. The molecule has 1 aromatic rings. The lowest BCUT2D eigenvalue weighted by atomic mass is 9.47. The van der Waals surface area contributed by atoms with Crippen molar-refractivity contribution in [1.82, 2.24) is 0 Å². The van der Waals surface area contributed by atoms with Gasteiger partial charge in [0.15, 0.2) is 0 Å². The lowest BCUT2D eigenvalue weighted by Gasteiger charge is -2.58. The van der Waals surface area contributed by atoms with E-state index in [2.05, 4.69) is 49.6 Å². The van der Waals surface area contributed by atoms with Crippen molar-refractivity contribution in [2.75, 3.05) is 10.6 Å². The Morgan fingerprint density at radius 1 is 1.07 bits per heavy atom. The van der Waals surface area contributed by atoms with Crippen LogP contribution in [0.25, 0.3) is 0 Å². The molecule has 0 aliphatic heterocycles. The van der Waals surface area contributed by atoms with Gasteiger partial charge >= 0.3 is 0 Å². The molecule has 2 saturated carbocycles. The molecule has 3 heteroatoms. The highest BCUT2D eigenvalue weighted by Gasteiger charge is 2.57. The van der Waals surface area contributed by atoms with E-state index in [1.54, 1.807) is 5.57 Å². The zero-order valence-corrected chi connectivity index (χ0v) is 18.5. The lowest BCUT2D eigenvalue weighted by molar-refractivity contribution is -0.0296. The normalized spacial score (nSPS) is 39.8. The molecule has 0 bridgehead atoms. The highest BCUT2D eigenvalue weighted by Crippen LogP contribution is 2.65. The average molecular weight is 405 g/mol. The first-order valence-corrected chi connectivity index (χ1v) is 11.7. The van der Waals surface area contributed by atoms with Gasteiger partial charge in [0.05, 0.1) is 17.5 Å². The first-order valence-electron chi connectivity index (χ1n) is 11.7. The predicted octanol–water partition coefficient (Wildman–Crippen LogP) is 6.04.